The lowest BCUT2D eigenvalue weighted by atomic mass is 10.1. The van der Waals surface area contributed by atoms with E-state index in [0.717, 1.165) is 16.9 Å². The summed E-state index contributed by atoms with van der Waals surface area (Å²) in [4.78, 5) is 35.9. The van der Waals surface area contributed by atoms with Crippen LogP contribution in [0.4, 0.5) is 0 Å². The third kappa shape index (κ3) is 6.44. The Balaban J connectivity index is 1.70. The highest BCUT2D eigenvalue weighted by Gasteiger charge is 2.15. The molecule has 138 valence electrons. The van der Waals surface area contributed by atoms with Gasteiger partial charge in [0.25, 0.3) is 5.91 Å². The van der Waals surface area contributed by atoms with Gasteiger partial charge in [0.05, 0.1) is 21.7 Å². The summed E-state index contributed by atoms with van der Waals surface area (Å²) in [6.07, 6.45) is -0.0765. The Bertz CT molecular complexity index is 789. The summed E-state index contributed by atoms with van der Waals surface area (Å²) >= 11 is 12.8. The Morgan fingerprint density at radius 1 is 1.08 bits per heavy atom. The van der Waals surface area contributed by atoms with Crippen molar-refractivity contribution < 1.29 is 19.1 Å². The molecule has 1 atom stereocenters. The topological polar surface area (TPSA) is 72.5 Å². The summed E-state index contributed by atoms with van der Waals surface area (Å²) in [6, 6.07) is 10.1. The van der Waals surface area contributed by atoms with Crippen molar-refractivity contribution in [3.63, 3.8) is 0 Å². The standard InChI is InChI=1S/C18H17Cl2NO4S/c1-11(12-2-4-13(19)5-3-12)21-17(23)10-25-18(24)9-6-14(22)15-7-8-16(20)26-15/h2-5,7-8,11H,6,9-10H2,1H3,(H,21,23)/t11-/m0/s1. The second kappa shape index (κ2) is 9.71. The fourth-order valence-corrected chi connectivity index (χ4v) is 3.28. The third-order valence-corrected chi connectivity index (χ3v) is 5.04. The van der Waals surface area contributed by atoms with Crippen LogP contribution in [0.3, 0.4) is 0 Å². The fourth-order valence-electron chi connectivity index (χ4n) is 2.14. The summed E-state index contributed by atoms with van der Waals surface area (Å²) < 4.78 is 5.42. The van der Waals surface area contributed by atoms with Crippen LogP contribution >= 0.6 is 34.5 Å². The molecule has 0 fully saturated rings. The lowest BCUT2D eigenvalue weighted by molar-refractivity contribution is -0.148. The minimum atomic E-state index is -0.602. The largest absolute Gasteiger partial charge is 0.456 e. The molecule has 1 aromatic carbocycles. The first kappa shape index (κ1) is 20.4. The van der Waals surface area contributed by atoms with Gasteiger partial charge in [-0.25, -0.2) is 0 Å². The van der Waals surface area contributed by atoms with Crippen LogP contribution in [0.5, 0.6) is 0 Å². The molecule has 0 saturated carbocycles. The zero-order valence-electron chi connectivity index (χ0n) is 14.0. The van der Waals surface area contributed by atoms with E-state index in [4.69, 9.17) is 27.9 Å². The lowest BCUT2D eigenvalue weighted by Gasteiger charge is -2.14. The number of ketones is 1. The number of carbonyl (C=O) groups excluding carboxylic acids is 3. The molecule has 0 bridgehead atoms. The van der Waals surface area contributed by atoms with Gasteiger partial charge in [-0.2, -0.15) is 0 Å². The Labute approximate surface area is 165 Å². The van der Waals surface area contributed by atoms with Crippen molar-refractivity contribution in [3.8, 4) is 0 Å². The van der Waals surface area contributed by atoms with E-state index in [2.05, 4.69) is 5.32 Å². The molecule has 2 aromatic rings. The van der Waals surface area contributed by atoms with E-state index < -0.39 is 18.5 Å². The molecule has 0 spiro atoms. The van der Waals surface area contributed by atoms with Crippen molar-refractivity contribution in [1.29, 1.82) is 0 Å². The van der Waals surface area contributed by atoms with E-state index in [1.54, 1.807) is 24.3 Å². The zero-order valence-corrected chi connectivity index (χ0v) is 16.3. The van der Waals surface area contributed by atoms with Crippen LogP contribution in [0.2, 0.25) is 9.36 Å². The number of benzene rings is 1. The highest BCUT2D eigenvalue weighted by Crippen LogP contribution is 2.23. The van der Waals surface area contributed by atoms with Crippen molar-refractivity contribution in [2.75, 3.05) is 6.61 Å². The predicted molar refractivity (Wildman–Crippen MR) is 102 cm³/mol. The van der Waals surface area contributed by atoms with E-state index in [1.165, 1.54) is 0 Å². The number of halogens is 2. The molecule has 1 N–H and O–H groups in total. The molecule has 1 aromatic heterocycles. The van der Waals surface area contributed by atoms with E-state index in [1.807, 2.05) is 19.1 Å². The summed E-state index contributed by atoms with van der Waals surface area (Å²) in [5.41, 5.74) is 0.884. The van der Waals surface area contributed by atoms with Gasteiger partial charge >= 0.3 is 5.97 Å². The minimum Gasteiger partial charge on any atom is -0.456 e. The number of hydrogen-bond acceptors (Lipinski definition) is 5. The zero-order chi connectivity index (χ0) is 19.1. The Kier molecular flexibility index (Phi) is 7.63. The molecule has 1 amide bonds. The molecule has 0 aliphatic carbocycles. The smallest absolute Gasteiger partial charge is 0.306 e. The Hall–Kier alpha value is -1.89. The van der Waals surface area contributed by atoms with Crippen LogP contribution < -0.4 is 5.32 Å². The monoisotopic (exact) mass is 413 g/mol. The summed E-state index contributed by atoms with van der Waals surface area (Å²) in [6.45, 7) is 1.42. The first-order chi connectivity index (χ1) is 12.3. The number of nitrogens with one attached hydrogen (secondary N) is 1. The highest BCUT2D eigenvalue weighted by atomic mass is 35.5. The molecule has 5 nitrogen and oxygen atoms in total. The van der Waals surface area contributed by atoms with E-state index in [0.29, 0.717) is 14.2 Å². The van der Waals surface area contributed by atoms with Crippen molar-refractivity contribution >= 4 is 52.2 Å². The van der Waals surface area contributed by atoms with E-state index >= 15 is 0 Å². The maximum atomic E-state index is 11.9. The van der Waals surface area contributed by atoms with Crippen LogP contribution in [0.25, 0.3) is 0 Å². The van der Waals surface area contributed by atoms with Gasteiger partial charge in [-0.15, -0.1) is 11.3 Å². The Morgan fingerprint density at radius 2 is 1.77 bits per heavy atom. The molecule has 0 aliphatic heterocycles. The molecule has 1 heterocycles. The normalized spacial score (nSPS) is 11.7. The molecule has 26 heavy (non-hydrogen) atoms. The van der Waals surface area contributed by atoms with Gasteiger partial charge in [-0.05, 0) is 36.8 Å². The molecular formula is C18H17Cl2NO4S. The SMILES string of the molecule is C[C@H](NC(=O)COC(=O)CCC(=O)c1ccc(Cl)s1)c1ccc(Cl)cc1. The second-order valence-corrected chi connectivity index (χ2v) is 7.68. The first-order valence-electron chi connectivity index (χ1n) is 7.84. The van der Waals surface area contributed by atoms with Crippen LogP contribution in [0, 0.1) is 0 Å². The van der Waals surface area contributed by atoms with Crippen LogP contribution in [0.1, 0.15) is 41.0 Å². The van der Waals surface area contributed by atoms with Crippen molar-refractivity contribution in [2.24, 2.45) is 0 Å². The highest BCUT2D eigenvalue weighted by molar-refractivity contribution is 7.18. The quantitative estimate of drug-likeness (QED) is 0.512. The third-order valence-electron chi connectivity index (χ3n) is 3.52. The Morgan fingerprint density at radius 3 is 2.38 bits per heavy atom. The van der Waals surface area contributed by atoms with Gasteiger partial charge in [-0.1, -0.05) is 35.3 Å². The molecule has 0 radical (unpaired) electrons. The molecule has 0 aliphatic rings. The number of thiophene rings is 1. The average molecular weight is 414 g/mol. The van der Waals surface area contributed by atoms with Gasteiger partial charge in [0.2, 0.25) is 0 Å². The lowest BCUT2D eigenvalue weighted by Crippen LogP contribution is -2.31. The number of rotatable bonds is 8. The number of ether oxygens (including phenoxy) is 1. The summed E-state index contributed by atoms with van der Waals surface area (Å²) in [5.74, 6) is -1.20. The van der Waals surface area contributed by atoms with Crippen LogP contribution in [-0.2, 0) is 14.3 Å². The number of hydrogen-bond donors (Lipinski definition) is 1. The number of Topliss-reactive ketones (excluding diaryl/α,β-unsaturated/α-hetero) is 1. The van der Waals surface area contributed by atoms with Gasteiger partial charge in [0.1, 0.15) is 0 Å². The predicted octanol–water partition coefficient (Wildman–Crippen LogP) is 4.44. The molecule has 0 saturated heterocycles. The van der Waals surface area contributed by atoms with E-state index in [-0.39, 0.29) is 24.7 Å². The molecule has 8 heteroatoms. The number of esters is 1. The average Bonchev–Trinajstić information content (AvgIpc) is 3.05. The second-order valence-electron chi connectivity index (χ2n) is 5.53. The van der Waals surface area contributed by atoms with Crippen LogP contribution in [-0.4, -0.2) is 24.3 Å². The number of carbonyl (C=O) groups is 3. The number of amides is 1. The maximum absolute atomic E-state index is 11.9. The van der Waals surface area contributed by atoms with E-state index in [9.17, 15) is 14.4 Å². The summed E-state index contributed by atoms with van der Waals surface area (Å²) in [5, 5.41) is 3.34. The van der Waals surface area contributed by atoms with Crippen LogP contribution in [0.15, 0.2) is 36.4 Å². The van der Waals surface area contributed by atoms with Gasteiger partial charge in [0, 0.05) is 11.4 Å². The van der Waals surface area contributed by atoms with Crippen molar-refractivity contribution in [3.05, 3.63) is 56.2 Å². The van der Waals surface area contributed by atoms with Crippen molar-refractivity contribution in [1.82, 2.24) is 5.32 Å². The fraction of sp³-hybridized carbons (Fsp3) is 0.278. The summed E-state index contributed by atoms with van der Waals surface area (Å²) in [7, 11) is 0. The van der Waals surface area contributed by atoms with Gasteiger partial charge in [-0.3, -0.25) is 14.4 Å². The van der Waals surface area contributed by atoms with Gasteiger partial charge < -0.3 is 10.1 Å². The van der Waals surface area contributed by atoms with Crippen molar-refractivity contribution in [2.45, 2.75) is 25.8 Å². The first-order valence-corrected chi connectivity index (χ1v) is 9.41. The minimum absolute atomic E-state index is 0.0124. The maximum Gasteiger partial charge on any atom is 0.306 e. The molecular weight excluding hydrogens is 397 g/mol. The van der Waals surface area contributed by atoms with Gasteiger partial charge in [0.15, 0.2) is 12.4 Å². The molecule has 0 unspecified atom stereocenters. The molecule has 2 rings (SSSR count).